The molecule has 1 aromatic heterocycles. The Kier molecular flexibility index (Phi) is 6.48. The first-order valence-electron chi connectivity index (χ1n) is 8.10. The first kappa shape index (κ1) is 15.8. The second-order valence-electron chi connectivity index (χ2n) is 5.63. The monoisotopic (exact) mass is 285 g/mol. The van der Waals surface area contributed by atoms with Crippen molar-refractivity contribution in [3.63, 3.8) is 0 Å². The maximum Gasteiger partial charge on any atom is 0.0521 e. The van der Waals surface area contributed by atoms with E-state index < -0.39 is 0 Å². The van der Waals surface area contributed by atoms with Crippen LogP contribution in [0.4, 0.5) is 0 Å². The lowest BCUT2D eigenvalue weighted by Gasteiger charge is -2.17. The molecule has 3 nitrogen and oxygen atoms in total. The van der Waals surface area contributed by atoms with Crippen molar-refractivity contribution in [2.45, 2.75) is 45.6 Å². The normalized spacial score (nSPS) is 12.5. The first-order chi connectivity index (χ1) is 10.3. The number of aromatic nitrogens is 2. The number of rotatable bonds is 9. The van der Waals surface area contributed by atoms with Crippen molar-refractivity contribution in [1.29, 1.82) is 0 Å². The standard InChI is InChI=1S/C18H27N3/c1-3-10-19-14-18(17-8-6-5-7-9-17)12-16-13-20-21(15-16)11-4-2/h5-9,13,15,18-19H,3-4,10-12,14H2,1-2H3. The van der Waals surface area contributed by atoms with E-state index in [9.17, 15) is 0 Å². The van der Waals surface area contributed by atoms with Gasteiger partial charge in [0.15, 0.2) is 0 Å². The van der Waals surface area contributed by atoms with Crippen molar-refractivity contribution < 1.29 is 0 Å². The van der Waals surface area contributed by atoms with E-state index in [1.54, 1.807) is 0 Å². The zero-order valence-corrected chi connectivity index (χ0v) is 13.3. The topological polar surface area (TPSA) is 29.9 Å². The van der Waals surface area contributed by atoms with Crippen molar-refractivity contribution in [2.75, 3.05) is 13.1 Å². The average Bonchev–Trinajstić information content (AvgIpc) is 2.95. The number of hydrogen-bond donors (Lipinski definition) is 1. The molecule has 0 aliphatic heterocycles. The molecule has 2 aromatic rings. The van der Waals surface area contributed by atoms with Crippen molar-refractivity contribution in [1.82, 2.24) is 15.1 Å². The van der Waals surface area contributed by atoms with Crippen molar-refractivity contribution in [3.8, 4) is 0 Å². The molecule has 2 rings (SSSR count). The molecule has 0 aliphatic rings. The van der Waals surface area contributed by atoms with E-state index in [2.05, 4.69) is 65.5 Å². The molecule has 0 saturated carbocycles. The van der Waals surface area contributed by atoms with Crippen LogP contribution >= 0.6 is 0 Å². The van der Waals surface area contributed by atoms with Gasteiger partial charge in [0.05, 0.1) is 6.20 Å². The Morgan fingerprint density at radius 2 is 1.95 bits per heavy atom. The van der Waals surface area contributed by atoms with Gasteiger partial charge in [-0.25, -0.2) is 0 Å². The van der Waals surface area contributed by atoms with Gasteiger partial charge in [0, 0.05) is 25.2 Å². The highest BCUT2D eigenvalue weighted by Gasteiger charge is 2.13. The Labute approximate surface area is 128 Å². The molecule has 0 amide bonds. The van der Waals surface area contributed by atoms with Gasteiger partial charge in [-0.1, -0.05) is 44.2 Å². The molecule has 114 valence electrons. The molecule has 0 radical (unpaired) electrons. The van der Waals surface area contributed by atoms with E-state index in [1.807, 2.05) is 6.20 Å². The quantitative estimate of drug-likeness (QED) is 0.713. The molecule has 0 bridgehead atoms. The first-order valence-corrected chi connectivity index (χ1v) is 8.10. The molecule has 1 unspecified atom stereocenters. The van der Waals surface area contributed by atoms with Gasteiger partial charge in [-0.2, -0.15) is 5.10 Å². The lowest BCUT2D eigenvalue weighted by Crippen LogP contribution is -2.23. The predicted molar refractivity (Wildman–Crippen MR) is 88.6 cm³/mol. The van der Waals surface area contributed by atoms with Crippen LogP contribution in [0.5, 0.6) is 0 Å². The molecule has 0 spiro atoms. The summed E-state index contributed by atoms with van der Waals surface area (Å²) >= 11 is 0. The molecule has 1 heterocycles. The van der Waals surface area contributed by atoms with E-state index in [4.69, 9.17) is 0 Å². The highest BCUT2D eigenvalue weighted by atomic mass is 15.3. The van der Waals surface area contributed by atoms with E-state index in [1.165, 1.54) is 17.5 Å². The highest BCUT2D eigenvalue weighted by Crippen LogP contribution is 2.20. The molecular weight excluding hydrogens is 258 g/mol. The van der Waals surface area contributed by atoms with E-state index in [-0.39, 0.29) is 0 Å². The summed E-state index contributed by atoms with van der Waals surface area (Å²) in [5, 5.41) is 8.00. The van der Waals surface area contributed by atoms with Crippen LogP contribution in [-0.2, 0) is 13.0 Å². The van der Waals surface area contributed by atoms with E-state index in [0.29, 0.717) is 5.92 Å². The van der Waals surface area contributed by atoms with Crippen molar-refractivity contribution in [3.05, 3.63) is 53.9 Å². The molecule has 0 saturated heterocycles. The van der Waals surface area contributed by atoms with Gasteiger partial charge in [-0.3, -0.25) is 4.68 Å². The molecular formula is C18H27N3. The Balaban J connectivity index is 2.03. The summed E-state index contributed by atoms with van der Waals surface area (Å²) in [7, 11) is 0. The Morgan fingerprint density at radius 1 is 1.14 bits per heavy atom. The summed E-state index contributed by atoms with van der Waals surface area (Å²) in [5.41, 5.74) is 2.74. The van der Waals surface area contributed by atoms with Gasteiger partial charge in [0.25, 0.3) is 0 Å². The third kappa shape index (κ3) is 5.01. The number of nitrogens with one attached hydrogen (secondary N) is 1. The number of nitrogens with zero attached hydrogens (tertiary/aromatic N) is 2. The molecule has 21 heavy (non-hydrogen) atoms. The van der Waals surface area contributed by atoms with Gasteiger partial charge in [-0.05, 0) is 36.9 Å². The number of aryl methyl sites for hydroxylation is 1. The summed E-state index contributed by atoms with van der Waals surface area (Å²) in [5.74, 6) is 0.511. The Morgan fingerprint density at radius 3 is 2.67 bits per heavy atom. The number of hydrogen-bond acceptors (Lipinski definition) is 2. The molecule has 1 atom stereocenters. The second kappa shape index (κ2) is 8.63. The lowest BCUT2D eigenvalue weighted by atomic mass is 9.93. The fourth-order valence-electron chi connectivity index (χ4n) is 2.63. The molecule has 0 aliphatic carbocycles. The summed E-state index contributed by atoms with van der Waals surface area (Å²) in [6, 6.07) is 10.8. The zero-order valence-electron chi connectivity index (χ0n) is 13.3. The third-order valence-electron chi connectivity index (χ3n) is 3.71. The Hall–Kier alpha value is -1.61. The second-order valence-corrected chi connectivity index (χ2v) is 5.63. The SMILES string of the molecule is CCCNCC(Cc1cnn(CCC)c1)c1ccccc1. The summed E-state index contributed by atoms with van der Waals surface area (Å²) in [6.07, 6.45) is 7.56. The third-order valence-corrected chi connectivity index (χ3v) is 3.71. The maximum absolute atomic E-state index is 4.45. The minimum atomic E-state index is 0.511. The summed E-state index contributed by atoms with van der Waals surface area (Å²) in [6.45, 7) is 7.50. The highest BCUT2D eigenvalue weighted by molar-refractivity contribution is 5.22. The Bertz CT molecular complexity index is 504. The van der Waals surface area contributed by atoms with Crippen LogP contribution in [-0.4, -0.2) is 22.9 Å². The zero-order chi connectivity index (χ0) is 14.9. The fraction of sp³-hybridized carbons (Fsp3) is 0.500. The molecule has 1 aromatic carbocycles. The minimum Gasteiger partial charge on any atom is -0.316 e. The van der Waals surface area contributed by atoms with Crippen molar-refractivity contribution in [2.24, 2.45) is 0 Å². The largest absolute Gasteiger partial charge is 0.316 e. The average molecular weight is 285 g/mol. The fourth-order valence-corrected chi connectivity index (χ4v) is 2.63. The maximum atomic E-state index is 4.45. The number of benzene rings is 1. The van der Waals surface area contributed by atoms with Gasteiger partial charge in [-0.15, -0.1) is 0 Å². The van der Waals surface area contributed by atoms with Crippen LogP contribution in [0.2, 0.25) is 0 Å². The predicted octanol–water partition coefficient (Wildman–Crippen LogP) is 3.62. The molecule has 3 heteroatoms. The smallest absolute Gasteiger partial charge is 0.0521 e. The summed E-state index contributed by atoms with van der Waals surface area (Å²) in [4.78, 5) is 0. The van der Waals surface area contributed by atoms with E-state index >= 15 is 0 Å². The van der Waals surface area contributed by atoms with Crippen LogP contribution < -0.4 is 5.32 Å². The van der Waals surface area contributed by atoms with Crippen LogP contribution in [0.1, 0.15) is 43.7 Å². The van der Waals surface area contributed by atoms with Gasteiger partial charge >= 0.3 is 0 Å². The molecule has 0 fully saturated rings. The minimum absolute atomic E-state index is 0.511. The van der Waals surface area contributed by atoms with Gasteiger partial charge < -0.3 is 5.32 Å². The van der Waals surface area contributed by atoms with Crippen LogP contribution in [0.3, 0.4) is 0 Å². The lowest BCUT2D eigenvalue weighted by molar-refractivity contribution is 0.574. The van der Waals surface area contributed by atoms with Crippen LogP contribution in [0.15, 0.2) is 42.7 Å². The van der Waals surface area contributed by atoms with Gasteiger partial charge in [0.2, 0.25) is 0 Å². The van der Waals surface area contributed by atoms with Gasteiger partial charge in [0.1, 0.15) is 0 Å². The van der Waals surface area contributed by atoms with E-state index in [0.717, 1.165) is 32.5 Å². The van der Waals surface area contributed by atoms with Crippen LogP contribution in [0.25, 0.3) is 0 Å². The molecule has 1 N–H and O–H groups in total. The van der Waals surface area contributed by atoms with Crippen LogP contribution in [0, 0.1) is 0 Å². The summed E-state index contributed by atoms with van der Waals surface area (Å²) < 4.78 is 2.05. The van der Waals surface area contributed by atoms with Crippen molar-refractivity contribution >= 4 is 0 Å².